The van der Waals surface area contributed by atoms with E-state index in [9.17, 15) is 0 Å². The first-order valence-electron chi connectivity index (χ1n) is 13.4. The summed E-state index contributed by atoms with van der Waals surface area (Å²) in [5, 5.41) is 6.90. The number of nitrogens with zero attached hydrogens (tertiary/aromatic N) is 3. The third kappa shape index (κ3) is 2.90. The zero-order valence-electron chi connectivity index (χ0n) is 21.4. The average molecular weight is 512 g/mol. The third-order valence-electron chi connectivity index (χ3n) is 7.99. The molecule has 0 N–H and O–H groups in total. The topological polar surface area (TPSA) is 43.9 Å². The van der Waals surface area contributed by atoms with E-state index in [0.29, 0.717) is 0 Å². The van der Waals surface area contributed by atoms with Crippen LogP contribution in [0.25, 0.3) is 82.6 Å². The highest BCUT2D eigenvalue weighted by molar-refractivity contribution is 6.26. The van der Waals surface area contributed by atoms with Gasteiger partial charge in [-0.2, -0.15) is 0 Å². The van der Waals surface area contributed by atoms with Crippen LogP contribution >= 0.6 is 0 Å². The van der Waals surface area contributed by atoms with E-state index in [1.807, 2.05) is 54.6 Å². The van der Waals surface area contributed by atoms with E-state index in [0.717, 1.165) is 71.9 Å². The standard InChI is InChI=1S/C36H21N3O/c1-2-10-22(11-3-1)34-36(38-29-15-7-6-14-28(29)37-34)39-30-16-8-4-13-27(30)33-24-18-19-25-23-12-5-9-17-32(23)40-35(25)26(24)20-21-31(33)39/h1-21H. The molecule has 4 heteroatoms. The minimum atomic E-state index is 0.820. The molecule has 0 bridgehead atoms. The van der Waals surface area contributed by atoms with Crippen LogP contribution in [-0.2, 0) is 0 Å². The lowest BCUT2D eigenvalue weighted by Crippen LogP contribution is -2.03. The molecule has 0 aliphatic rings. The summed E-state index contributed by atoms with van der Waals surface area (Å²) in [4.78, 5) is 10.4. The zero-order valence-corrected chi connectivity index (χ0v) is 21.4. The Morgan fingerprint density at radius 3 is 2.00 bits per heavy atom. The lowest BCUT2D eigenvalue weighted by molar-refractivity contribution is 0.672. The van der Waals surface area contributed by atoms with E-state index in [1.165, 1.54) is 10.8 Å². The van der Waals surface area contributed by atoms with Gasteiger partial charge in [-0.3, -0.25) is 4.57 Å². The first kappa shape index (κ1) is 21.5. The van der Waals surface area contributed by atoms with Crippen molar-refractivity contribution in [3.8, 4) is 17.1 Å². The maximum Gasteiger partial charge on any atom is 0.165 e. The molecule has 0 aliphatic carbocycles. The number of aromatic nitrogens is 3. The Morgan fingerprint density at radius 2 is 1.12 bits per heavy atom. The Hall–Kier alpha value is -5.48. The number of fused-ring (bicyclic) bond motifs is 10. The molecule has 186 valence electrons. The molecule has 3 heterocycles. The van der Waals surface area contributed by atoms with Gasteiger partial charge in [0.05, 0.1) is 22.1 Å². The highest BCUT2D eigenvalue weighted by atomic mass is 16.3. The zero-order chi connectivity index (χ0) is 26.2. The van der Waals surface area contributed by atoms with E-state index in [4.69, 9.17) is 14.4 Å². The second-order valence-corrected chi connectivity index (χ2v) is 10.2. The van der Waals surface area contributed by atoms with E-state index >= 15 is 0 Å². The third-order valence-corrected chi connectivity index (χ3v) is 7.99. The molecular weight excluding hydrogens is 490 g/mol. The largest absolute Gasteiger partial charge is 0.455 e. The van der Waals surface area contributed by atoms with Crippen molar-refractivity contribution in [2.75, 3.05) is 0 Å². The molecule has 0 saturated heterocycles. The molecule has 4 nitrogen and oxygen atoms in total. The molecule has 9 rings (SSSR count). The van der Waals surface area contributed by atoms with Crippen LogP contribution in [0, 0.1) is 0 Å². The van der Waals surface area contributed by atoms with Crippen LogP contribution in [0.3, 0.4) is 0 Å². The Balaban J connectivity index is 1.45. The van der Waals surface area contributed by atoms with Gasteiger partial charge in [0.15, 0.2) is 5.82 Å². The normalized spacial score (nSPS) is 12.0. The van der Waals surface area contributed by atoms with E-state index in [-0.39, 0.29) is 0 Å². The molecule has 0 fully saturated rings. The van der Waals surface area contributed by atoms with E-state index in [1.54, 1.807) is 0 Å². The number of hydrogen-bond acceptors (Lipinski definition) is 3. The van der Waals surface area contributed by atoms with Crippen molar-refractivity contribution in [2.24, 2.45) is 0 Å². The number of rotatable bonds is 2. The summed E-state index contributed by atoms with van der Waals surface area (Å²) in [7, 11) is 0. The van der Waals surface area contributed by atoms with Crippen molar-refractivity contribution in [3.05, 3.63) is 127 Å². The Kier molecular flexibility index (Phi) is 4.30. The minimum absolute atomic E-state index is 0.820. The Labute approximate surface area is 228 Å². The molecule has 0 aliphatic heterocycles. The van der Waals surface area contributed by atoms with Crippen LogP contribution in [0.2, 0.25) is 0 Å². The van der Waals surface area contributed by atoms with Crippen LogP contribution in [-0.4, -0.2) is 14.5 Å². The summed E-state index contributed by atoms with van der Waals surface area (Å²) in [6.45, 7) is 0. The monoisotopic (exact) mass is 511 g/mol. The highest BCUT2D eigenvalue weighted by Crippen LogP contribution is 2.42. The van der Waals surface area contributed by atoms with Crippen molar-refractivity contribution in [3.63, 3.8) is 0 Å². The first-order chi connectivity index (χ1) is 19.8. The van der Waals surface area contributed by atoms with E-state index in [2.05, 4.69) is 77.4 Å². The second-order valence-electron chi connectivity index (χ2n) is 10.2. The molecule has 0 unspecified atom stereocenters. The molecular formula is C36H21N3O. The fourth-order valence-electron chi connectivity index (χ4n) is 6.22. The fourth-order valence-corrected chi connectivity index (χ4v) is 6.22. The van der Waals surface area contributed by atoms with Gasteiger partial charge in [-0.15, -0.1) is 0 Å². The molecule has 0 atom stereocenters. The molecule has 6 aromatic carbocycles. The average Bonchev–Trinajstić information content (AvgIpc) is 3.57. The highest BCUT2D eigenvalue weighted by Gasteiger charge is 2.21. The minimum Gasteiger partial charge on any atom is -0.455 e. The van der Waals surface area contributed by atoms with Crippen molar-refractivity contribution in [1.82, 2.24) is 14.5 Å². The van der Waals surface area contributed by atoms with Crippen molar-refractivity contribution in [1.29, 1.82) is 0 Å². The van der Waals surface area contributed by atoms with Crippen molar-refractivity contribution in [2.45, 2.75) is 0 Å². The second kappa shape index (κ2) is 8.01. The maximum atomic E-state index is 6.41. The van der Waals surface area contributed by atoms with Crippen molar-refractivity contribution < 1.29 is 4.42 Å². The van der Waals surface area contributed by atoms with Crippen LogP contribution < -0.4 is 0 Å². The fraction of sp³-hybridized carbons (Fsp3) is 0. The first-order valence-corrected chi connectivity index (χ1v) is 13.4. The maximum absolute atomic E-state index is 6.41. The van der Waals surface area contributed by atoms with Gasteiger partial charge < -0.3 is 4.42 Å². The lowest BCUT2D eigenvalue weighted by atomic mass is 10.0. The summed E-state index contributed by atoms with van der Waals surface area (Å²) < 4.78 is 8.69. The number of hydrogen-bond donors (Lipinski definition) is 0. The Bertz CT molecular complexity index is 2430. The van der Waals surface area contributed by atoms with Gasteiger partial charge >= 0.3 is 0 Å². The van der Waals surface area contributed by atoms with Gasteiger partial charge in [-0.05, 0) is 47.9 Å². The molecule has 0 amide bonds. The van der Waals surface area contributed by atoms with Crippen LogP contribution in [0.15, 0.2) is 132 Å². The summed E-state index contributed by atoms with van der Waals surface area (Å²) in [5.74, 6) is 0.820. The number of benzene rings is 6. The van der Waals surface area contributed by atoms with Gasteiger partial charge in [0.2, 0.25) is 0 Å². The SMILES string of the molecule is c1ccc(-c2nc3ccccc3nc2-n2c3ccccc3c3c4ccc5c6ccccc6oc5c4ccc32)cc1. The Morgan fingerprint density at radius 1 is 0.475 bits per heavy atom. The molecule has 0 radical (unpaired) electrons. The van der Waals surface area contributed by atoms with Gasteiger partial charge in [-0.1, -0.05) is 84.9 Å². The predicted molar refractivity (Wildman–Crippen MR) is 164 cm³/mol. The summed E-state index contributed by atoms with van der Waals surface area (Å²) in [6.07, 6.45) is 0. The van der Waals surface area contributed by atoms with Gasteiger partial charge in [0.25, 0.3) is 0 Å². The van der Waals surface area contributed by atoms with Gasteiger partial charge in [0.1, 0.15) is 16.9 Å². The van der Waals surface area contributed by atoms with Crippen LogP contribution in [0.4, 0.5) is 0 Å². The molecule has 0 spiro atoms. The van der Waals surface area contributed by atoms with E-state index < -0.39 is 0 Å². The number of para-hydroxylation sites is 4. The molecule has 0 saturated carbocycles. The summed E-state index contributed by atoms with van der Waals surface area (Å²) >= 11 is 0. The quantitative estimate of drug-likeness (QED) is 0.232. The molecule has 3 aromatic heterocycles. The van der Waals surface area contributed by atoms with Crippen LogP contribution in [0.1, 0.15) is 0 Å². The van der Waals surface area contributed by atoms with Crippen molar-refractivity contribution >= 4 is 65.6 Å². The molecule has 9 aromatic rings. The van der Waals surface area contributed by atoms with Crippen LogP contribution in [0.5, 0.6) is 0 Å². The van der Waals surface area contributed by atoms with Gasteiger partial charge in [0, 0.05) is 32.5 Å². The van der Waals surface area contributed by atoms with Gasteiger partial charge in [-0.25, -0.2) is 9.97 Å². The number of furan rings is 1. The lowest BCUT2D eigenvalue weighted by Gasteiger charge is -2.13. The molecule has 40 heavy (non-hydrogen) atoms. The smallest absolute Gasteiger partial charge is 0.165 e. The summed E-state index contributed by atoms with van der Waals surface area (Å²) in [5.41, 5.74) is 7.65. The summed E-state index contributed by atoms with van der Waals surface area (Å²) in [6, 6.07) is 44.1. The predicted octanol–water partition coefficient (Wildman–Crippen LogP) is 9.45.